The molecule has 0 fully saturated rings. The van der Waals surface area contributed by atoms with Crippen LogP contribution in [0.5, 0.6) is 0 Å². The van der Waals surface area contributed by atoms with Crippen LogP contribution < -0.4 is 0 Å². The van der Waals surface area contributed by atoms with Crippen molar-refractivity contribution in [2.45, 2.75) is 24.4 Å². The summed E-state index contributed by atoms with van der Waals surface area (Å²) in [6.45, 7) is 1.38. The van der Waals surface area contributed by atoms with Gasteiger partial charge in [0, 0.05) is 35.6 Å². The van der Waals surface area contributed by atoms with Gasteiger partial charge in [0.1, 0.15) is 16.1 Å². The van der Waals surface area contributed by atoms with Crippen LogP contribution in [0.25, 0.3) is 33.5 Å². The number of benzene rings is 1. The Hall–Kier alpha value is -3.22. The van der Waals surface area contributed by atoms with E-state index < -0.39 is 28.1 Å². The van der Waals surface area contributed by atoms with E-state index in [1.807, 2.05) is 0 Å². The van der Waals surface area contributed by atoms with E-state index in [0.29, 0.717) is 11.5 Å². The van der Waals surface area contributed by atoms with Crippen LogP contribution in [0, 0.1) is 0 Å². The van der Waals surface area contributed by atoms with Gasteiger partial charge in [0.15, 0.2) is 27.0 Å². The molecule has 7 nitrogen and oxygen atoms in total. The van der Waals surface area contributed by atoms with E-state index in [-0.39, 0.29) is 44.3 Å². The molecule has 0 atom stereocenters. The van der Waals surface area contributed by atoms with Crippen LogP contribution >= 0.6 is 0 Å². The van der Waals surface area contributed by atoms with E-state index >= 15 is 0 Å². The van der Waals surface area contributed by atoms with Crippen molar-refractivity contribution in [3.63, 3.8) is 0 Å². The Morgan fingerprint density at radius 3 is 2.47 bits per heavy atom. The molecule has 0 amide bonds. The number of imidazole rings is 1. The summed E-state index contributed by atoms with van der Waals surface area (Å²) in [5.74, 6) is -0.452. The summed E-state index contributed by atoms with van der Waals surface area (Å²) in [5.41, 5.74) is -2.03. The fourth-order valence-corrected chi connectivity index (χ4v) is 4.53. The number of alkyl halides is 5. The highest BCUT2D eigenvalue weighted by Crippen LogP contribution is 2.36. The molecule has 0 aliphatic carbocycles. The maximum absolute atomic E-state index is 13.3. The third kappa shape index (κ3) is 3.55. The van der Waals surface area contributed by atoms with Gasteiger partial charge in [0.05, 0.1) is 5.75 Å². The maximum Gasteiger partial charge on any atom is 0.435 e. The first-order valence-corrected chi connectivity index (χ1v) is 10.8. The zero-order chi connectivity index (χ0) is 23.4. The zero-order valence-corrected chi connectivity index (χ0v) is 17.3. The van der Waals surface area contributed by atoms with Crippen LogP contribution in [0.15, 0.2) is 35.4 Å². The molecule has 3 aromatic heterocycles. The van der Waals surface area contributed by atoms with Crippen LogP contribution in [-0.2, 0) is 23.1 Å². The topological polar surface area (TPSA) is 90.6 Å². The molecule has 0 unspecified atom stereocenters. The minimum Gasteiger partial charge on any atom is -0.309 e. The monoisotopic (exact) mass is 471 g/mol. The van der Waals surface area contributed by atoms with Crippen LogP contribution in [0.2, 0.25) is 0 Å². The van der Waals surface area contributed by atoms with E-state index in [1.54, 1.807) is 0 Å². The van der Waals surface area contributed by atoms with Crippen molar-refractivity contribution in [1.29, 1.82) is 0 Å². The lowest BCUT2D eigenvalue weighted by Crippen LogP contribution is -2.10. The van der Waals surface area contributed by atoms with E-state index in [2.05, 4.69) is 20.2 Å². The number of halogens is 5. The summed E-state index contributed by atoms with van der Waals surface area (Å²) < 4.78 is 92.7. The average molecular weight is 471 g/mol. The van der Waals surface area contributed by atoms with Gasteiger partial charge in [-0.3, -0.25) is 4.98 Å². The number of nitrogens with zero attached hydrogens (tertiary/aromatic N) is 5. The summed E-state index contributed by atoms with van der Waals surface area (Å²) in [7, 11) is -2.60. The standard InChI is InChI=1S/C19H14F5N5O2S/c1-3-32(30,31)15-11-6-9(16(20)21)4-5-10(11)8-25-14(15)18-26-12-7-13(19(22,23)24)27-28-17(12)29(18)2/h4-8,16H,3H2,1-2H3. The maximum atomic E-state index is 13.3. The molecule has 3 heterocycles. The van der Waals surface area contributed by atoms with Gasteiger partial charge in [-0.15, -0.1) is 10.2 Å². The zero-order valence-electron chi connectivity index (χ0n) is 16.5. The van der Waals surface area contributed by atoms with Crippen molar-refractivity contribution in [3.05, 3.63) is 41.7 Å². The molecule has 0 radical (unpaired) electrons. The fraction of sp³-hybridized carbons (Fsp3) is 0.263. The summed E-state index contributed by atoms with van der Waals surface area (Å²) in [6.07, 6.45) is -6.29. The van der Waals surface area contributed by atoms with Gasteiger partial charge < -0.3 is 4.57 Å². The molecule has 32 heavy (non-hydrogen) atoms. The van der Waals surface area contributed by atoms with Gasteiger partial charge in [-0.25, -0.2) is 22.2 Å². The fourth-order valence-electron chi connectivity index (χ4n) is 3.29. The number of pyridine rings is 1. The van der Waals surface area contributed by atoms with E-state index in [1.165, 1.54) is 36.9 Å². The van der Waals surface area contributed by atoms with E-state index in [9.17, 15) is 30.4 Å². The molecule has 0 aliphatic rings. The van der Waals surface area contributed by atoms with Gasteiger partial charge in [0.25, 0.3) is 6.43 Å². The first-order valence-electron chi connectivity index (χ1n) is 9.15. The van der Waals surface area contributed by atoms with Gasteiger partial charge >= 0.3 is 6.18 Å². The largest absolute Gasteiger partial charge is 0.435 e. The number of sulfone groups is 1. The van der Waals surface area contributed by atoms with E-state index in [4.69, 9.17) is 0 Å². The first kappa shape index (κ1) is 22.0. The van der Waals surface area contributed by atoms with Crippen molar-refractivity contribution in [1.82, 2.24) is 24.7 Å². The van der Waals surface area contributed by atoms with Gasteiger partial charge in [-0.1, -0.05) is 19.1 Å². The lowest BCUT2D eigenvalue weighted by atomic mass is 10.1. The molecule has 4 aromatic rings. The molecule has 168 valence electrons. The molecule has 13 heteroatoms. The molecule has 0 N–H and O–H groups in total. The number of hydrogen-bond acceptors (Lipinski definition) is 6. The Balaban J connectivity index is 2.07. The van der Waals surface area contributed by atoms with Crippen molar-refractivity contribution < 1.29 is 30.4 Å². The van der Waals surface area contributed by atoms with Crippen molar-refractivity contribution in [2.24, 2.45) is 7.05 Å². The second kappa shape index (κ2) is 7.43. The molecule has 0 spiro atoms. The predicted octanol–water partition coefficient (Wildman–Crippen LogP) is 4.33. The molecule has 0 bridgehead atoms. The summed E-state index contributed by atoms with van der Waals surface area (Å²) in [4.78, 5) is 7.96. The average Bonchev–Trinajstić information content (AvgIpc) is 3.07. The van der Waals surface area contributed by atoms with Gasteiger partial charge in [-0.05, 0) is 6.07 Å². The second-order valence-corrected chi connectivity index (χ2v) is 9.13. The van der Waals surface area contributed by atoms with E-state index in [0.717, 1.165) is 6.07 Å². The molecule has 0 saturated carbocycles. The highest BCUT2D eigenvalue weighted by atomic mass is 32.2. The third-order valence-electron chi connectivity index (χ3n) is 4.93. The number of hydrogen-bond donors (Lipinski definition) is 0. The molecular formula is C19H14F5N5O2S. The van der Waals surface area contributed by atoms with Gasteiger partial charge in [-0.2, -0.15) is 13.2 Å². The summed E-state index contributed by atoms with van der Waals surface area (Å²) in [6, 6.07) is 4.26. The number of aromatic nitrogens is 5. The lowest BCUT2D eigenvalue weighted by Gasteiger charge is -2.13. The van der Waals surface area contributed by atoms with Crippen LogP contribution in [0.3, 0.4) is 0 Å². The quantitative estimate of drug-likeness (QED) is 0.412. The summed E-state index contributed by atoms with van der Waals surface area (Å²) in [5, 5.41) is 7.04. The first-order chi connectivity index (χ1) is 14.9. The lowest BCUT2D eigenvalue weighted by molar-refractivity contribution is -0.141. The Morgan fingerprint density at radius 1 is 1.12 bits per heavy atom. The molecule has 0 aliphatic heterocycles. The predicted molar refractivity (Wildman–Crippen MR) is 105 cm³/mol. The normalized spacial score (nSPS) is 12.9. The second-order valence-electron chi connectivity index (χ2n) is 6.92. The summed E-state index contributed by atoms with van der Waals surface area (Å²) >= 11 is 0. The van der Waals surface area contributed by atoms with Crippen molar-refractivity contribution >= 4 is 31.8 Å². The smallest absolute Gasteiger partial charge is 0.309 e. The Kier molecular flexibility index (Phi) is 5.11. The van der Waals surface area contributed by atoms with Crippen LogP contribution in [0.4, 0.5) is 22.0 Å². The molecule has 0 saturated heterocycles. The number of aryl methyl sites for hydroxylation is 1. The number of rotatable bonds is 4. The molecular weight excluding hydrogens is 457 g/mol. The minimum absolute atomic E-state index is 0.0174. The minimum atomic E-state index is -4.75. The Bertz CT molecular complexity index is 1460. The Labute approximate surface area is 177 Å². The third-order valence-corrected chi connectivity index (χ3v) is 6.73. The van der Waals surface area contributed by atoms with Crippen LogP contribution in [0.1, 0.15) is 24.6 Å². The SMILES string of the molecule is CCS(=O)(=O)c1c(-c2nc3cc(C(F)(F)F)nnc3n2C)ncc2ccc(C(F)F)cc12. The highest BCUT2D eigenvalue weighted by Gasteiger charge is 2.34. The molecule has 4 rings (SSSR count). The van der Waals surface area contributed by atoms with Crippen molar-refractivity contribution in [3.8, 4) is 11.5 Å². The Morgan fingerprint density at radius 2 is 1.84 bits per heavy atom. The van der Waals surface area contributed by atoms with Gasteiger partial charge in [0.2, 0.25) is 0 Å². The number of fused-ring (bicyclic) bond motifs is 2. The highest BCUT2D eigenvalue weighted by molar-refractivity contribution is 7.91. The van der Waals surface area contributed by atoms with Crippen LogP contribution in [-0.4, -0.2) is 38.9 Å². The van der Waals surface area contributed by atoms with Crippen molar-refractivity contribution in [2.75, 3.05) is 5.75 Å². The molecule has 1 aromatic carbocycles.